The van der Waals surface area contributed by atoms with Crippen molar-refractivity contribution < 1.29 is 14.4 Å². The molecule has 2 atom stereocenters. The lowest BCUT2D eigenvalue weighted by Crippen LogP contribution is -2.66. The van der Waals surface area contributed by atoms with E-state index < -0.39 is 12.2 Å². The molecule has 0 bridgehead atoms. The molecule has 43 heavy (non-hydrogen) atoms. The van der Waals surface area contributed by atoms with Gasteiger partial charge in [0.1, 0.15) is 12.2 Å². The molecule has 2 aliphatic heterocycles. The van der Waals surface area contributed by atoms with Gasteiger partial charge in [-0.25, -0.2) is 9.78 Å². The number of amides is 4. The fraction of sp³-hybridized carbons (Fsp3) is 0.484. The first-order valence-electron chi connectivity index (χ1n) is 14.9. The SMILES string of the molecule is CCCCNC(=O)N(C(C)C)N1CC(=O)N2[C@@H](Cc3ccc(N(C)C)cc3)C(=O)N(Cc3cccc4sc(N)nc34)C[C@@H]21. The maximum atomic E-state index is 14.2. The minimum atomic E-state index is -0.710. The molecule has 3 heterocycles. The second kappa shape index (κ2) is 12.8. The molecule has 3 N–H and O–H groups in total. The first-order chi connectivity index (χ1) is 20.6. The van der Waals surface area contributed by atoms with E-state index >= 15 is 0 Å². The van der Waals surface area contributed by atoms with Crippen molar-refractivity contribution in [2.75, 3.05) is 44.4 Å². The zero-order chi connectivity index (χ0) is 30.8. The third kappa shape index (κ3) is 6.25. The summed E-state index contributed by atoms with van der Waals surface area (Å²) >= 11 is 1.42. The van der Waals surface area contributed by atoms with E-state index in [4.69, 9.17) is 5.73 Å². The highest BCUT2D eigenvalue weighted by Gasteiger charge is 2.52. The van der Waals surface area contributed by atoms with Gasteiger partial charge in [0.15, 0.2) is 5.13 Å². The molecule has 5 rings (SSSR count). The summed E-state index contributed by atoms with van der Waals surface area (Å²) in [6.07, 6.45) is 1.72. The van der Waals surface area contributed by atoms with Crippen molar-refractivity contribution in [3.05, 3.63) is 53.6 Å². The van der Waals surface area contributed by atoms with Crippen LogP contribution in [0.25, 0.3) is 10.2 Å². The molecule has 2 fully saturated rings. The number of nitrogen functional groups attached to an aromatic ring is 1. The monoisotopic (exact) mass is 606 g/mol. The molecule has 4 amide bonds. The van der Waals surface area contributed by atoms with Crippen LogP contribution < -0.4 is 16.0 Å². The van der Waals surface area contributed by atoms with Crippen molar-refractivity contribution in [3.63, 3.8) is 0 Å². The topological polar surface area (TPSA) is 118 Å². The number of hydrazine groups is 1. The number of rotatable bonds is 10. The van der Waals surface area contributed by atoms with Crippen molar-refractivity contribution >= 4 is 50.2 Å². The lowest BCUT2D eigenvalue weighted by atomic mass is 9.99. The van der Waals surface area contributed by atoms with Crippen LogP contribution in [0.3, 0.4) is 0 Å². The number of benzene rings is 2. The number of nitrogens with two attached hydrogens (primary N) is 1. The van der Waals surface area contributed by atoms with E-state index in [0.29, 0.717) is 24.6 Å². The van der Waals surface area contributed by atoms with Crippen LogP contribution >= 0.6 is 11.3 Å². The first kappa shape index (κ1) is 30.6. The fourth-order valence-electron chi connectivity index (χ4n) is 5.97. The molecular formula is C31H42N8O3S. The number of unbranched alkanes of at least 4 members (excludes halogenated alkanes) is 1. The summed E-state index contributed by atoms with van der Waals surface area (Å²) in [6, 6.07) is 12.8. The molecule has 0 aliphatic carbocycles. The van der Waals surface area contributed by atoms with Crippen molar-refractivity contribution in [2.24, 2.45) is 0 Å². The summed E-state index contributed by atoms with van der Waals surface area (Å²) in [5, 5.41) is 6.98. The number of thiazole rings is 1. The molecule has 2 aliphatic rings. The average Bonchev–Trinajstić information content (AvgIpc) is 3.50. The van der Waals surface area contributed by atoms with Crippen LogP contribution in [-0.4, -0.2) is 94.6 Å². The van der Waals surface area contributed by atoms with E-state index in [9.17, 15) is 14.4 Å². The molecule has 2 saturated heterocycles. The molecule has 2 aromatic carbocycles. The quantitative estimate of drug-likeness (QED) is 0.339. The largest absolute Gasteiger partial charge is 0.378 e. The number of para-hydroxylation sites is 1. The van der Waals surface area contributed by atoms with Crippen LogP contribution in [0.1, 0.15) is 44.7 Å². The number of hydrogen-bond acceptors (Lipinski definition) is 8. The number of carbonyl (C=O) groups is 3. The predicted octanol–water partition coefficient (Wildman–Crippen LogP) is 3.50. The number of piperazine rings is 1. The lowest BCUT2D eigenvalue weighted by Gasteiger charge is -2.47. The molecule has 11 nitrogen and oxygen atoms in total. The van der Waals surface area contributed by atoms with Crippen molar-refractivity contribution in [1.29, 1.82) is 0 Å². The van der Waals surface area contributed by atoms with Gasteiger partial charge in [-0.2, -0.15) is 5.01 Å². The van der Waals surface area contributed by atoms with Gasteiger partial charge in [0.25, 0.3) is 0 Å². The molecule has 1 aromatic heterocycles. The highest BCUT2D eigenvalue weighted by Crippen LogP contribution is 2.33. The summed E-state index contributed by atoms with van der Waals surface area (Å²) in [5.41, 5.74) is 9.72. The number of urea groups is 1. The highest BCUT2D eigenvalue weighted by atomic mass is 32.1. The molecule has 0 unspecified atom stereocenters. The van der Waals surface area contributed by atoms with Crippen LogP contribution in [0, 0.1) is 0 Å². The van der Waals surface area contributed by atoms with Gasteiger partial charge in [-0.3, -0.25) is 14.6 Å². The normalized spacial score (nSPS) is 18.9. The molecule has 0 saturated carbocycles. The Balaban J connectivity index is 1.49. The second-order valence-corrected chi connectivity index (χ2v) is 12.8. The molecule has 0 radical (unpaired) electrons. The van der Waals surface area contributed by atoms with Crippen LogP contribution in [0.15, 0.2) is 42.5 Å². The molecule has 230 valence electrons. The van der Waals surface area contributed by atoms with Gasteiger partial charge in [-0.1, -0.05) is 48.9 Å². The maximum absolute atomic E-state index is 14.2. The highest BCUT2D eigenvalue weighted by molar-refractivity contribution is 7.22. The Kier molecular flexibility index (Phi) is 9.07. The lowest BCUT2D eigenvalue weighted by molar-refractivity contribution is -0.158. The zero-order valence-electron chi connectivity index (χ0n) is 25.6. The number of hydrogen-bond donors (Lipinski definition) is 2. The molecule has 12 heteroatoms. The second-order valence-electron chi connectivity index (χ2n) is 11.7. The van der Waals surface area contributed by atoms with E-state index in [-0.39, 0.29) is 37.0 Å². The molecule has 3 aromatic rings. The Morgan fingerprint density at radius 2 is 1.91 bits per heavy atom. The van der Waals surface area contributed by atoms with Crippen LogP contribution in [0.4, 0.5) is 15.6 Å². The standard InChI is InChI=1S/C31H42N8O3S/c1-6-7-15-33-31(42)39(20(2)3)37-19-27(40)38-24(16-21-11-13-23(14-12-21)35(4)5)29(41)36(18-26(37)38)17-22-9-8-10-25-28(22)34-30(32)43-25/h8-14,20,24,26H,6-7,15-19H2,1-5H3,(H2,32,34)(H,33,42)/t24-,26+/m0/s1. The van der Waals surface area contributed by atoms with E-state index in [2.05, 4.69) is 17.2 Å². The minimum Gasteiger partial charge on any atom is -0.378 e. The van der Waals surface area contributed by atoms with Gasteiger partial charge in [0.2, 0.25) is 11.8 Å². The Bertz CT molecular complexity index is 1470. The van der Waals surface area contributed by atoms with Gasteiger partial charge in [-0.05, 0) is 49.6 Å². The number of fused-ring (bicyclic) bond motifs is 2. The zero-order valence-corrected chi connectivity index (χ0v) is 26.4. The number of aromatic nitrogens is 1. The summed E-state index contributed by atoms with van der Waals surface area (Å²) in [5.74, 6) is -0.277. The number of nitrogens with zero attached hydrogens (tertiary/aromatic N) is 6. The number of carbonyl (C=O) groups excluding carboxylic acids is 3. The Morgan fingerprint density at radius 1 is 1.16 bits per heavy atom. The Morgan fingerprint density at radius 3 is 2.58 bits per heavy atom. The van der Waals surface area contributed by atoms with Gasteiger partial charge in [0.05, 0.1) is 23.3 Å². The van der Waals surface area contributed by atoms with E-state index in [1.165, 1.54) is 11.3 Å². The Labute approximate surface area is 257 Å². The van der Waals surface area contributed by atoms with E-state index in [1.807, 2.05) is 85.2 Å². The van der Waals surface area contributed by atoms with E-state index in [1.54, 1.807) is 9.91 Å². The van der Waals surface area contributed by atoms with Crippen LogP contribution in [0.5, 0.6) is 0 Å². The summed E-state index contributed by atoms with van der Waals surface area (Å²) < 4.78 is 0.964. The van der Waals surface area contributed by atoms with Crippen molar-refractivity contribution in [3.8, 4) is 0 Å². The van der Waals surface area contributed by atoms with E-state index in [0.717, 1.165) is 39.9 Å². The van der Waals surface area contributed by atoms with Gasteiger partial charge in [0, 0.05) is 45.3 Å². The average molecular weight is 607 g/mol. The summed E-state index contributed by atoms with van der Waals surface area (Å²) in [6.45, 7) is 7.13. The maximum Gasteiger partial charge on any atom is 0.332 e. The van der Waals surface area contributed by atoms with Crippen molar-refractivity contribution in [2.45, 2.75) is 64.8 Å². The summed E-state index contributed by atoms with van der Waals surface area (Å²) in [4.78, 5) is 51.4. The Hall–Kier alpha value is -3.90. The minimum absolute atomic E-state index is 0.0272. The van der Waals surface area contributed by atoms with Gasteiger partial charge >= 0.3 is 6.03 Å². The van der Waals surface area contributed by atoms with Gasteiger partial charge < -0.3 is 25.8 Å². The number of nitrogens with one attached hydrogen (secondary N) is 1. The predicted molar refractivity (Wildman–Crippen MR) is 170 cm³/mol. The molecular weight excluding hydrogens is 564 g/mol. The smallest absolute Gasteiger partial charge is 0.332 e. The number of anilines is 2. The first-order valence-corrected chi connectivity index (χ1v) is 15.7. The third-order valence-electron chi connectivity index (χ3n) is 8.11. The van der Waals surface area contributed by atoms with Crippen LogP contribution in [-0.2, 0) is 22.6 Å². The van der Waals surface area contributed by atoms with Gasteiger partial charge in [-0.15, -0.1) is 0 Å². The van der Waals surface area contributed by atoms with Crippen LogP contribution in [0.2, 0.25) is 0 Å². The molecule has 0 spiro atoms. The third-order valence-corrected chi connectivity index (χ3v) is 8.96. The summed E-state index contributed by atoms with van der Waals surface area (Å²) in [7, 11) is 3.96. The fourth-order valence-corrected chi connectivity index (χ4v) is 6.76. The van der Waals surface area contributed by atoms with Crippen molar-refractivity contribution in [1.82, 2.24) is 30.1 Å².